The fourth-order valence-electron chi connectivity index (χ4n) is 4.86. The van der Waals surface area contributed by atoms with Gasteiger partial charge in [-0.2, -0.15) is 4.68 Å². The highest BCUT2D eigenvalue weighted by molar-refractivity contribution is 6.21. The minimum Gasteiger partial charge on any atom is -0.497 e. The van der Waals surface area contributed by atoms with Crippen molar-refractivity contribution in [3.05, 3.63) is 66.0 Å². The summed E-state index contributed by atoms with van der Waals surface area (Å²) in [6.45, 7) is 2.13. The zero-order valence-corrected chi connectivity index (χ0v) is 20.6. The molecule has 6 rings (SSSR count). The van der Waals surface area contributed by atoms with Crippen molar-refractivity contribution in [1.29, 1.82) is 0 Å². The number of amides is 3. The van der Waals surface area contributed by atoms with Gasteiger partial charge in [0.25, 0.3) is 11.8 Å². The van der Waals surface area contributed by atoms with Crippen LogP contribution in [0, 0.1) is 0 Å². The van der Waals surface area contributed by atoms with E-state index in [-0.39, 0.29) is 30.7 Å². The fraction of sp³-hybridized carbons (Fsp3) is 0.269. The first kappa shape index (κ1) is 23.5. The lowest BCUT2D eigenvalue weighted by Crippen LogP contribution is -2.49. The van der Waals surface area contributed by atoms with Gasteiger partial charge in [-0.05, 0) is 24.3 Å². The van der Waals surface area contributed by atoms with Gasteiger partial charge in [-0.15, -0.1) is 5.10 Å². The van der Waals surface area contributed by atoms with E-state index in [2.05, 4.69) is 25.2 Å². The third kappa shape index (κ3) is 3.99. The molecule has 3 amide bonds. The molecule has 0 aliphatic carbocycles. The van der Waals surface area contributed by atoms with Crippen molar-refractivity contribution in [1.82, 2.24) is 34.8 Å². The maximum absolute atomic E-state index is 12.9. The number of imide groups is 1. The van der Waals surface area contributed by atoms with Crippen LogP contribution in [0.5, 0.6) is 5.75 Å². The van der Waals surface area contributed by atoms with Crippen molar-refractivity contribution < 1.29 is 19.1 Å². The smallest absolute Gasteiger partial charge is 0.261 e. The maximum atomic E-state index is 12.9. The van der Waals surface area contributed by atoms with Crippen LogP contribution in [0.3, 0.4) is 0 Å². The summed E-state index contributed by atoms with van der Waals surface area (Å²) in [6.07, 6.45) is 1.56. The average Bonchev–Trinajstić information content (AvgIpc) is 3.51. The van der Waals surface area contributed by atoms with Gasteiger partial charge in [0.05, 0.1) is 23.9 Å². The van der Waals surface area contributed by atoms with Crippen molar-refractivity contribution in [3.63, 3.8) is 0 Å². The SMILES string of the molecule is COc1cccc(-n2nnc3c(N4CCN(C(=O)CCN5C(=O)c6ccccc6C5=O)CC4)ncnc32)c1. The zero-order valence-electron chi connectivity index (χ0n) is 20.6. The van der Waals surface area contributed by atoms with Gasteiger partial charge in [0.15, 0.2) is 17.0 Å². The van der Waals surface area contributed by atoms with Crippen LogP contribution in [0.2, 0.25) is 0 Å². The Kier molecular flexibility index (Phi) is 5.91. The highest BCUT2D eigenvalue weighted by atomic mass is 16.5. The molecule has 192 valence electrons. The number of ether oxygens (including phenoxy) is 1. The summed E-state index contributed by atoms with van der Waals surface area (Å²) >= 11 is 0. The second kappa shape index (κ2) is 9.54. The number of benzene rings is 2. The van der Waals surface area contributed by atoms with Crippen molar-refractivity contribution in [2.75, 3.05) is 44.7 Å². The molecule has 2 aromatic heterocycles. The number of fused-ring (bicyclic) bond motifs is 2. The van der Waals surface area contributed by atoms with Crippen LogP contribution in [0.1, 0.15) is 27.1 Å². The molecule has 12 nitrogen and oxygen atoms in total. The Morgan fingerprint density at radius 2 is 1.68 bits per heavy atom. The molecule has 1 saturated heterocycles. The second-order valence-corrected chi connectivity index (χ2v) is 9.00. The van der Waals surface area contributed by atoms with E-state index in [1.165, 1.54) is 6.33 Å². The van der Waals surface area contributed by atoms with Gasteiger partial charge in [-0.25, -0.2) is 9.97 Å². The second-order valence-electron chi connectivity index (χ2n) is 9.00. The summed E-state index contributed by atoms with van der Waals surface area (Å²) in [7, 11) is 1.60. The number of hydrogen-bond donors (Lipinski definition) is 0. The lowest BCUT2D eigenvalue weighted by Gasteiger charge is -2.35. The number of anilines is 1. The average molecular weight is 513 g/mol. The monoisotopic (exact) mass is 512 g/mol. The molecule has 2 aliphatic heterocycles. The summed E-state index contributed by atoms with van der Waals surface area (Å²) < 4.78 is 6.95. The third-order valence-electron chi connectivity index (χ3n) is 6.88. The number of rotatable bonds is 6. The van der Waals surface area contributed by atoms with E-state index in [9.17, 15) is 14.4 Å². The topological polar surface area (TPSA) is 127 Å². The molecule has 0 N–H and O–H groups in total. The number of aromatic nitrogens is 5. The van der Waals surface area contributed by atoms with E-state index in [0.717, 1.165) is 10.6 Å². The molecule has 2 aliphatic rings. The molecule has 12 heteroatoms. The van der Waals surface area contributed by atoms with Crippen molar-refractivity contribution in [2.24, 2.45) is 0 Å². The Morgan fingerprint density at radius 1 is 0.947 bits per heavy atom. The number of hydrogen-bond acceptors (Lipinski definition) is 9. The first-order valence-corrected chi connectivity index (χ1v) is 12.2. The Labute approximate surface area is 217 Å². The summed E-state index contributed by atoms with van der Waals surface area (Å²) in [4.78, 5) is 51.9. The van der Waals surface area contributed by atoms with Gasteiger partial charge in [0, 0.05) is 45.2 Å². The maximum Gasteiger partial charge on any atom is 0.261 e. The van der Waals surface area contributed by atoms with E-state index in [1.54, 1.807) is 41.0 Å². The molecule has 0 atom stereocenters. The van der Waals surface area contributed by atoms with E-state index in [0.29, 0.717) is 60.0 Å². The van der Waals surface area contributed by atoms with Crippen molar-refractivity contribution in [3.8, 4) is 11.4 Å². The molecule has 4 aromatic rings. The van der Waals surface area contributed by atoms with Crippen LogP contribution in [-0.4, -0.2) is 92.3 Å². The zero-order chi connectivity index (χ0) is 26.2. The fourth-order valence-corrected chi connectivity index (χ4v) is 4.86. The molecule has 2 aromatic carbocycles. The van der Waals surface area contributed by atoms with Crippen LogP contribution < -0.4 is 9.64 Å². The van der Waals surface area contributed by atoms with Gasteiger partial charge >= 0.3 is 0 Å². The highest BCUT2D eigenvalue weighted by Crippen LogP contribution is 2.26. The molecule has 38 heavy (non-hydrogen) atoms. The minimum atomic E-state index is -0.349. The molecule has 0 spiro atoms. The van der Waals surface area contributed by atoms with Crippen LogP contribution in [0.25, 0.3) is 16.9 Å². The van der Waals surface area contributed by atoms with Gasteiger partial charge in [0.1, 0.15) is 12.1 Å². The molecule has 0 saturated carbocycles. The molecule has 1 fully saturated rings. The van der Waals surface area contributed by atoms with Crippen molar-refractivity contribution >= 4 is 34.7 Å². The Morgan fingerprint density at radius 3 is 2.39 bits per heavy atom. The molecular formula is C26H24N8O4. The number of carbonyl (C=O) groups excluding carboxylic acids is 3. The number of carbonyl (C=O) groups is 3. The number of methoxy groups -OCH3 is 1. The number of nitrogens with zero attached hydrogens (tertiary/aromatic N) is 8. The predicted octanol–water partition coefficient (Wildman–Crippen LogP) is 1.55. The molecule has 0 radical (unpaired) electrons. The minimum absolute atomic E-state index is 0.0608. The summed E-state index contributed by atoms with van der Waals surface area (Å²) in [5.41, 5.74) is 2.68. The van der Waals surface area contributed by atoms with Crippen LogP contribution in [-0.2, 0) is 4.79 Å². The van der Waals surface area contributed by atoms with Gasteiger partial charge < -0.3 is 14.5 Å². The largest absolute Gasteiger partial charge is 0.497 e. The summed E-state index contributed by atoms with van der Waals surface area (Å²) in [5, 5.41) is 8.63. The first-order valence-electron chi connectivity index (χ1n) is 12.2. The van der Waals surface area contributed by atoms with E-state index in [1.807, 2.05) is 24.3 Å². The normalized spacial score (nSPS) is 15.3. The summed E-state index contributed by atoms with van der Waals surface area (Å²) in [5.74, 6) is 0.556. The van der Waals surface area contributed by atoms with E-state index in [4.69, 9.17) is 4.74 Å². The van der Waals surface area contributed by atoms with Crippen LogP contribution >= 0.6 is 0 Å². The molecule has 4 heterocycles. The van der Waals surface area contributed by atoms with Gasteiger partial charge in [-0.1, -0.05) is 23.4 Å². The van der Waals surface area contributed by atoms with E-state index >= 15 is 0 Å². The quantitative estimate of drug-likeness (QED) is 0.354. The van der Waals surface area contributed by atoms with E-state index < -0.39 is 0 Å². The third-order valence-corrected chi connectivity index (χ3v) is 6.88. The summed E-state index contributed by atoms with van der Waals surface area (Å²) in [6, 6.07) is 14.2. The Hall–Kier alpha value is -4.87. The highest BCUT2D eigenvalue weighted by Gasteiger charge is 2.35. The first-order chi connectivity index (χ1) is 18.5. The number of piperazine rings is 1. The van der Waals surface area contributed by atoms with Crippen LogP contribution in [0.4, 0.5) is 5.82 Å². The van der Waals surface area contributed by atoms with Gasteiger partial charge in [0.2, 0.25) is 5.91 Å². The lowest BCUT2D eigenvalue weighted by molar-refractivity contribution is -0.131. The lowest BCUT2D eigenvalue weighted by atomic mass is 10.1. The standard InChI is InChI=1S/C26H24N8O4/c1-38-18-6-4-5-17(15-18)34-24-22(29-30-34)23(27-16-28-24)32-13-11-31(12-14-32)21(35)9-10-33-25(36)19-7-2-3-8-20(19)26(33)37/h2-8,15-16H,9-14H2,1H3. The van der Waals surface area contributed by atoms with Gasteiger partial charge in [-0.3, -0.25) is 19.3 Å². The Balaban J connectivity index is 1.10. The van der Waals surface area contributed by atoms with Crippen LogP contribution in [0.15, 0.2) is 54.9 Å². The Bertz CT molecular complexity index is 1520. The molecule has 0 bridgehead atoms. The van der Waals surface area contributed by atoms with Crippen molar-refractivity contribution in [2.45, 2.75) is 6.42 Å². The molecule has 0 unspecified atom stereocenters. The predicted molar refractivity (Wildman–Crippen MR) is 136 cm³/mol. The molecular weight excluding hydrogens is 488 g/mol.